The minimum Gasteiger partial charge on any atom is -0.504 e. The summed E-state index contributed by atoms with van der Waals surface area (Å²) < 4.78 is 42.2. The molecule has 52 heavy (non-hydrogen) atoms. The molecule has 0 bridgehead atoms. The summed E-state index contributed by atoms with van der Waals surface area (Å²) in [6, 6.07) is 3.38. The molecule has 0 unspecified atom stereocenters. The molecule has 0 aliphatic carbocycles. The SMILES string of the molecule is O=C(O)c1cc(O)c(O)c(O)c1.O=C(O)c1cc(O)c(O)c(O)c1.OCCOCCOCCOCCOCCOCCOCCOCCOCCO. The number of benzene rings is 2. The molecule has 2 aromatic carbocycles. The van der Waals surface area contributed by atoms with Crippen molar-refractivity contribution in [3.8, 4) is 34.5 Å². The van der Waals surface area contributed by atoms with Gasteiger partial charge in [0, 0.05) is 0 Å². The van der Waals surface area contributed by atoms with Crippen molar-refractivity contribution in [3.05, 3.63) is 35.4 Å². The van der Waals surface area contributed by atoms with Crippen molar-refractivity contribution in [1.29, 1.82) is 0 Å². The van der Waals surface area contributed by atoms with Crippen LogP contribution in [0, 0.1) is 0 Å². The second kappa shape index (κ2) is 31.5. The predicted octanol–water partition coefficient (Wildman–Crippen LogP) is 0.107. The van der Waals surface area contributed by atoms with Crippen LogP contribution in [0.15, 0.2) is 24.3 Å². The molecular weight excluding hydrogens is 704 g/mol. The molecule has 0 heterocycles. The highest BCUT2D eigenvalue weighted by Gasteiger charge is 2.12. The molecule has 0 aliphatic heterocycles. The molecule has 10 N–H and O–H groups in total. The average molecular weight is 755 g/mol. The van der Waals surface area contributed by atoms with Crippen molar-refractivity contribution in [2.24, 2.45) is 0 Å². The quantitative estimate of drug-likeness (QED) is 0.0427. The third-order valence-corrected chi connectivity index (χ3v) is 5.71. The molecule has 2 rings (SSSR count). The number of phenolic OH excluding ortho intramolecular Hbond substituents is 6. The molecule has 2 aromatic rings. The standard InChI is InChI=1S/C18H38O10.2C7H6O5/c19-1-3-21-5-7-23-9-11-25-13-15-27-17-18-28-16-14-26-12-10-24-8-6-22-4-2-20;2*8-4-1-3(7(11)12)2-5(9)6(4)10/h19-20H,1-18H2;2*1-2,8-10H,(H,11,12). The molecule has 0 saturated carbocycles. The predicted molar refractivity (Wildman–Crippen MR) is 178 cm³/mol. The Morgan fingerprint density at radius 2 is 0.538 bits per heavy atom. The lowest BCUT2D eigenvalue weighted by Crippen LogP contribution is -2.15. The average Bonchev–Trinajstić information content (AvgIpc) is 3.11. The van der Waals surface area contributed by atoms with Crippen LogP contribution in [0.1, 0.15) is 20.7 Å². The maximum Gasteiger partial charge on any atom is 0.335 e. The van der Waals surface area contributed by atoms with Crippen LogP contribution in [0.5, 0.6) is 34.5 Å². The van der Waals surface area contributed by atoms with E-state index >= 15 is 0 Å². The Morgan fingerprint density at radius 1 is 0.365 bits per heavy atom. The van der Waals surface area contributed by atoms with Gasteiger partial charge in [0.15, 0.2) is 34.5 Å². The first-order valence-electron chi connectivity index (χ1n) is 15.8. The van der Waals surface area contributed by atoms with Gasteiger partial charge >= 0.3 is 11.9 Å². The van der Waals surface area contributed by atoms with E-state index in [1.807, 2.05) is 0 Å². The molecule has 20 nitrogen and oxygen atoms in total. The van der Waals surface area contributed by atoms with Crippen molar-refractivity contribution in [1.82, 2.24) is 0 Å². The zero-order chi connectivity index (χ0) is 39.0. The van der Waals surface area contributed by atoms with E-state index in [-0.39, 0.29) is 24.3 Å². The topological polar surface area (TPSA) is 310 Å². The molecule has 0 atom stereocenters. The van der Waals surface area contributed by atoms with Crippen LogP contribution in [0.3, 0.4) is 0 Å². The zero-order valence-electron chi connectivity index (χ0n) is 28.6. The number of rotatable bonds is 27. The molecule has 20 heteroatoms. The molecule has 0 radical (unpaired) electrons. The minimum absolute atomic E-state index is 0.0294. The van der Waals surface area contributed by atoms with E-state index in [0.29, 0.717) is 106 Å². The van der Waals surface area contributed by atoms with Gasteiger partial charge in [-0.15, -0.1) is 0 Å². The first-order chi connectivity index (χ1) is 25.0. The van der Waals surface area contributed by atoms with Crippen LogP contribution in [0.25, 0.3) is 0 Å². The van der Waals surface area contributed by atoms with Crippen molar-refractivity contribution >= 4 is 11.9 Å². The van der Waals surface area contributed by atoms with Gasteiger partial charge in [-0.05, 0) is 24.3 Å². The van der Waals surface area contributed by atoms with E-state index in [1.54, 1.807) is 0 Å². The van der Waals surface area contributed by atoms with E-state index < -0.39 is 46.4 Å². The fraction of sp³-hybridized carbons (Fsp3) is 0.562. The van der Waals surface area contributed by atoms with Crippen molar-refractivity contribution in [3.63, 3.8) is 0 Å². The lowest BCUT2D eigenvalue weighted by atomic mass is 10.2. The van der Waals surface area contributed by atoms with Gasteiger partial charge in [-0.1, -0.05) is 0 Å². The molecule has 0 saturated heterocycles. The number of aromatic hydroxyl groups is 6. The highest BCUT2D eigenvalue weighted by Crippen LogP contribution is 2.36. The van der Waals surface area contributed by atoms with Gasteiger partial charge in [0.1, 0.15) is 0 Å². The molecule has 0 fully saturated rings. The van der Waals surface area contributed by atoms with E-state index in [2.05, 4.69) is 0 Å². The van der Waals surface area contributed by atoms with Crippen molar-refractivity contribution in [2.45, 2.75) is 0 Å². The zero-order valence-corrected chi connectivity index (χ0v) is 28.6. The Labute approximate surface area is 299 Å². The molecule has 0 aromatic heterocycles. The number of carboxylic acids is 2. The Morgan fingerprint density at radius 3 is 0.692 bits per heavy atom. The molecular formula is C32H50O20. The third kappa shape index (κ3) is 24.8. The lowest BCUT2D eigenvalue weighted by Gasteiger charge is -2.08. The van der Waals surface area contributed by atoms with Crippen molar-refractivity contribution < 1.29 is 98.5 Å². The molecule has 0 amide bonds. The highest BCUT2D eigenvalue weighted by molar-refractivity contribution is 5.89. The Bertz CT molecular complexity index is 1090. The van der Waals surface area contributed by atoms with E-state index in [9.17, 15) is 9.59 Å². The van der Waals surface area contributed by atoms with Crippen LogP contribution < -0.4 is 0 Å². The Hall–Kier alpha value is -4.22. The summed E-state index contributed by atoms with van der Waals surface area (Å²) in [7, 11) is 0. The number of aromatic carboxylic acids is 2. The summed E-state index contributed by atoms with van der Waals surface area (Å²) in [5.74, 6) is -6.67. The normalized spacial score (nSPS) is 10.6. The summed E-state index contributed by atoms with van der Waals surface area (Å²) in [6.07, 6.45) is 0. The maximum absolute atomic E-state index is 10.3. The minimum atomic E-state index is -1.29. The number of aliphatic hydroxyl groups excluding tert-OH is 2. The van der Waals surface area contributed by atoms with Crippen molar-refractivity contribution in [2.75, 3.05) is 119 Å². The van der Waals surface area contributed by atoms with Crippen LogP contribution in [-0.4, -0.2) is 182 Å². The van der Waals surface area contributed by atoms with E-state index in [1.165, 1.54) is 0 Å². The third-order valence-electron chi connectivity index (χ3n) is 5.71. The lowest BCUT2D eigenvalue weighted by molar-refractivity contribution is -0.0244. The van der Waals surface area contributed by atoms with Crippen LogP contribution >= 0.6 is 0 Å². The first kappa shape index (κ1) is 47.8. The summed E-state index contributed by atoms with van der Waals surface area (Å²) in [6.45, 7) is 7.79. The number of phenols is 6. The van der Waals surface area contributed by atoms with E-state index in [0.717, 1.165) is 24.3 Å². The van der Waals surface area contributed by atoms with Gasteiger partial charge in [-0.3, -0.25) is 0 Å². The fourth-order valence-corrected chi connectivity index (χ4v) is 3.23. The molecule has 0 aliphatic rings. The highest BCUT2D eigenvalue weighted by atomic mass is 16.6. The van der Waals surface area contributed by atoms with Gasteiger partial charge in [-0.25, -0.2) is 9.59 Å². The monoisotopic (exact) mass is 754 g/mol. The smallest absolute Gasteiger partial charge is 0.335 e. The summed E-state index contributed by atoms with van der Waals surface area (Å²) >= 11 is 0. The van der Waals surface area contributed by atoms with Crippen LogP contribution in [0.2, 0.25) is 0 Å². The van der Waals surface area contributed by atoms with Gasteiger partial charge in [0.05, 0.1) is 130 Å². The number of hydrogen-bond donors (Lipinski definition) is 10. The number of carboxylic acid groups (broad SMARTS) is 2. The number of aliphatic hydroxyl groups is 2. The second-order valence-electron chi connectivity index (χ2n) is 9.68. The largest absolute Gasteiger partial charge is 0.504 e. The van der Waals surface area contributed by atoms with Crippen LogP contribution in [0.4, 0.5) is 0 Å². The maximum atomic E-state index is 10.3. The Balaban J connectivity index is 0.000000880. The van der Waals surface area contributed by atoms with Crippen LogP contribution in [-0.2, 0) is 37.9 Å². The van der Waals surface area contributed by atoms with Gasteiger partial charge in [-0.2, -0.15) is 0 Å². The van der Waals surface area contributed by atoms with Gasteiger partial charge < -0.3 is 89.0 Å². The van der Waals surface area contributed by atoms with Gasteiger partial charge in [0.2, 0.25) is 0 Å². The summed E-state index contributed by atoms with van der Waals surface area (Å²) in [5.41, 5.74) is -0.578. The number of ether oxygens (including phenoxy) is 8. The van der Waals surface area contributed by atoms with E-state index in [4.69, 9.17) is 89.0 Å². The first-order valence-corrected chi connectivity index (χ1v) is 15.8. The van der Waals surface area contributed by atoms with Gasteiger partial charge in [0.25, 0.3) is 0 Å². The Kier molecular flexibility index (Phi) is 29.0. The fourth-order valence-electron chi connectivity index (χ4n) is 3.23. The number of carbonyl (C=O) groups is 2. The summed E-state index contributed by atoms with van der Waals surface area (Å²) in [5, 5.41) is 86.9. The second-order valence-corrected chi connectivity index (χ2v) is 9.68. The summed E-state index contributed by atoms with van der Waals surface area (Å²) in [4.78, 5) is 20.6. The number of hydrogen-bond acceptors (Lipinski definition) is 18. The molecule has 0 spiro atoms. The molecule has 298 valence electrons.